The summed E-state index contributed by atoms with van der Waals surface area (Å²) in [6.07, 6.45) is 0.248. The Kier molecular flexibility index (Phi) is 18.0. The first-order chi connectivity index (χ1) is 36.7. The van der Waals surface area contributed by atoms with Crippen molar-refractivity contribution in [3.8, 4) is 0 Å². The molecule has 11 aliphatic rings. The molecule has 0 aromatic rings. The quantitative estimate of drug-likeness (QED) is 0.0685. The van der Waals surface area contributed by atoms with Crippen molar-refractivity contribution in [2.45, 2.75) is 278 Å². The molecular weight excluding hydrogens is 1050 g/mol. The van der Waals surface area contributed by atoms with Gasteiger partial charge in [-0.1, -0.05) is 34.6 Å². The predicted octanol–water partition coefficient (Wildman–Crippen LogP) is 12.5. The minimum atomic E-state index is -5.92. The van der Waals surface area contributed by atoms with E-state index in [0.29, 0.717) is 43.4 Å². The van der Waals surface area contributed by atoms with Gasteiger partial charge in [-0.2, -0.15) is 26.3 Å². The van der Waals surface area contributed by atoms with E-state index < -0.39 is 70.5 Å². The van der Waals surface area contributed by atoms with Crippen LogP contribution < -0.4 is 0 Å². The zero-order valence-corrected chi connectivity index (χ0v) is 50.0. The Morgan fingerprint density at radius 3 is 1.64 bits per heavy atom. The van der Waals surface area contributed by atoms with Crippen molar-refractivity contribution < 1.29 is 88.9 Å². The standard InChI is InChI=1S/C20H32O2.C16H26O3.C13H18O5.C12H18F6O3/c1-5-19(3,4)18(21)22-20(6-2)11-14-10-15(20)17-13-8-7-12(9-13)16(14)17;1-4-14(2,3)13(17)19-16-8-11-5-12(9-16)7-15(18,6-11)10-16;1-4-13(2,3)12(15)18-9-7-5-6-8(16-7)10(9)17-11(6)14;1-5-9(3,4)8(19)21-7(2)6-10(20,11(13,14)15)12(16,17)18/h12-17H,5-11H2,1-4H3;11-12,18H,4-10H2,1-3H3;6-10H,4-5H2,1-3H3;7,20H,5-6H2,1-4H3. The third kappa shape index (κ3) is 12.2. The second-order valence-corrected chi connectivity index (χ2v) is 28.8. The molecule has 3 aliphatic heterocycles. The number of rotatable bonds is 15. The summed E-state index contributed by atoms with van der Waals surface area (Å²) in [6, 6.07) is 0. The fourth-order valence-corrected chi connectivity index (χ4v) is 15.6. The molecule has 11 fully saturated rings. The van der Waals surface area contributed by atoms with Crippen LogP contribution in [0.2, 0.25) is 0 Å². The Balaban J connectivity index is 0.000000154. The van der Waals surface area contributed by atoms with Gasteiger partial charge >= 0.3 is 42.2 Å². The Morgan fingerprint density at radius 2 is 1.14 bits per heavy atom. The summed E-state index contributed by atoms with van der Waals surface area (Å²) >= 11 is 0. The lowest BCUT2D eigenvalue weighted by atomic mass is 9.52. The number of carbonyl (C=O) groups is 5. The highest BCUT2D eigenvalue weighted by molar-refractivity contribution is 5.79. The van der Waals surface area contributed by atoms with Crippen LogP contribution in [-0.2, 0) is 52.4 Å². The van der Waals surface area contributed by atoms with E-state index in [0.717, 1.165) is 87.9 Å². The smallest absolute Gasteiger partial charge is 0.426 e. The molecule has 80 heavy (non-hydrogen) atoms. The van der Waals surface area contributed by atoms with E-state index in [1.807, 2.05) is 55.4 Å². The molecule has 2 N–H and O–H groups in total. The molecule has 11 rings (SSSR count). The first-order valence-corrected chi connectivity index (χ1v) is 30.0. The Labute approximate surface area is 470 Å². The van der Waals surface area contributed by atoms with E-state index >= 15 is 0 Å². The number of ether oxygens (including phenoxy) is 6. The van der Waals surface area contributed by atoms with Crippen LogP contribution >= 0.6 is 0 Å². The number of aliphatic hydroxyl groups is 2. The lowest BCUT2D eigenvalue weighted by Crippen LogP contribution is -2.61. The first-order valence-electron chi connectivity index (χ1n) is 30.0. The summed E-state index contributed by atoms with van der Waals surface area (Å²) in [6.45, 7) is 25.4. The molecule has 8 aliphatic carbocycles. The Morgan fingerprint density at radius 1 is 0.637 bits per heavy atom. The number of alkyl halides is 6. The van der Waals surface area contributed by atoms with Crippen LogP contribution in [0.5, 0.6) is 0 Å². The first kappa shape index (κ1) is 64.4. The predicted molar refractivity (Wildman–Crippen MR) is 282 cm³/mol. The third-order valence-corrected chi connectivity index (χ3v) is 21.7. The highest BCUT2D eigenvalue weighted by atomic mass is 19.4. The average molecular weight is 1150 g/mol. The number of hydrogen-bond acceptors (Lipinski definition) is 13. The Bertz CT molecular complexity index is 2260. The van der Waals surface area contributed by atoms with Crippen molar-refractivity contribution in [1.29, 1.82) is 0 Å². The van der Waals surface area contributed by atoms with Gasteiger partial charge in [0.15, 0.2) is 12.2 Å². The Hall–Kier alpha value is -3.19. The van der Waals surface area contributed by atoms with E-state index in [-0.39, 0.29) is 58.6 Å². The topological polar surface area (TPSA) is 181 Å². The zero-order valence-electron chi connectivity index (χ0n) is 50.0. The minimum Gasteiger partial charge on any atom is -0.462 e. The van der Waals surface area contributed by atoms with Crippen LogP contribution in [0.4, 0.5) is 26.3 Å². The molecule has 8 saturated carbocycles. The van der Waals surface area contributed by atoms with E-state index in [1.165, 1.54) is 46.0 Å². The van der Waals surface area contributed by atoms with Gasteiger partial charge in [-0.05, 0) is 206 Å². The van der Waals surface area contributed by atoms with Crippen molar-refractivity contribution >= 4 is 29.8 Å². The summed E-state index contributed by atoms with van der Waals surface area (Å²) in [5.74, 6) is 4.91. The molecule has 0 radical (unpaired) electrons. The van der Waals surface area contributed by atoms with Gasteiger partial charge in [0.2, 0.25) is 0 Å². The number of fused-ring (bicyclic) bond motifs is 10. The van der Waals surface area contributed by atoms with Gasteiger partial charge in [0.25, 0.3) is 5.60 Å². The molecular formula is C61H94F6O13. The van der Waals surface area contributed by atoms with E-state index in [1.54, 1.807) is 6.92 Å². The SMILES string of the molecule is CCC(C)(C)C(=O)OC(C)CC(O)(C(F)(F)F)C(F)(F)F.CCC(C)(C)C(=O)OC1(CC)CC2CC1C1C3CCC(C3)C21.CCC(C)(C)C(=O)OC12CC3CC(CC(O)(C3)C1)C2.CCC(C)(C)C(=O)OC1C2CC3C(=O)OC1C3O2. The van der Waals surface area contributed by atoms with Gasteiger partial charge in [0, 0.05) is 18.8 Å². The van der Waals surface area contributed by atoms with Crippen LogP contribution in [0.3, 0.4) is 0 Å². The maximum Gasteiger partial charge on any atom is 0.426 e. The van der Waals surface area contributed by atoms with Gasteiger partial charge in [-0.15, -0.1) is 0 Å². The zero-order chi connectivity index (χ0) is 59.9. The minimum absolute atomic E-state index is 0.0455. The van der Waals surface area contributed by atoms with Crippen LogP contribution in [-0.4, -0.2) is 105 Å². The van der Waals surface area contributed by atoms with Crippen LogP contribution in [0.15, 0.2) is 0 Å². The van der Waals surface area contributed by atoms with Gasteiger partial charge in [-0.3, -0.25) is 24.0 Å². The second-order valence-electron chi connectivity index (χ2n) is 28.8. The summed E-state index contributed by atoms with van der Waals surface area (Å²) < 4.78 is 108. The van der Waals surface area contributed by atoms with E-state index in [4.69, 9.17) is 28.8 Å². The van der Waals surface area contributed by atoms with E-state index in [9.17, 15) is 55.4 Å². The highest BCUT2D eigenvalue weighted by Gasteiger charge is 2.72. The highest BCUT2D eigenvalue weighted by Crippen LogP contribution is 2.71. The summed E-state index contributed by atoms with van der Waals surface area (Å²) in [4.78, 5) is 60.3. The summed E-state index contributed by atoms with van der Waals surface area (Å²) in [5.41, 5.74) is -8.25. The largest absolute Gasteiger partial charge is 0.462 e. The van der Waals surface area contributed by atoms with Crippen molar-refractivity contribution in [3.63, 3.8) is 0 Å². The maximum atomic E-state index is 12.7. The molecule has 13 nitrogen and oxygen atoms in total. The molecule has 3 heterocycles. The van der Waals surface area contributed by atoms with Crippen molar-refractivity contribution in [2.75, 3.05) is 0 Å². The lowest BCUT2D eigenvalue weighted by molar-refractivity contribution is -0.373. The summed E-state index contributed by atoms with van der Waals surface area (Å²) in [5, 5.41) is 19.6. The van der Waals surface area contributed by atoms with Gasteiger partial charge in [-0.25, -0.2) is 0 Å². The number of esters is 5. The molecule has 458 valence electrons. The third-order valence-electron chi connectivity index (χ3n) is 21.7. The number of halogens is 6. The lowest BCUT2D eigenvalue weighted by Gasteiger charge is -2.59. The van der Waals surface area contributed by atoms with Gasteiger partial charge in [0.05, 0.1) is 39.3 Å². The van der Waals surface area contributed by atoms with Gasteiger partial charge in [0.1, 0.15) is 23.4 Å². The molecule has 0 aromatic carbocycles. The average Bonchev–Trinajstić information content (AvgIpc) is 4.25. The van der Waals surface area contributed by atoms with Crippen LogP contribution in [0, 0.1) is 74.9 Å². The molecule has 0 spiro atoms. The molecule has 0 amide bonds. The van der Waals surface area contributed by atoms with Crippen molar-refractivity contribution in [1.82, 2.24) is 0 Å². The van der Waals surface area contributed by atoms with Gasteiger partial charge < -0.3 is 38.6 Å². The summed E-state index contributed by atoms with van der Waals surface area (Å²) in [7, 11) is 0. The molecule has 15 atom stereocenters. The number of carbonyl (C=O) groups excluding carboxylic acids is 5. The van der Waals surface area contributed by atoms with Crippen LogP contribution in [0.25, 0.3) is 0 Å². The molecule has 19 heteroatoms. The molecule has 10 bridgehead atoms. The monoisotopic (exact) mass is 1150 g/mol. The fourth-order valence-electron chi connectivity index (χ4n) is 15.6. The second kappa shape index (κ2) is 22.3. The fraction of sp³-hybridized carbons (Fsp3) is 0.918. The van der Waals surface area contributed by atoms with E-state index in [2.05, 4.69) is 18.6 Å². The van der Waals surface area contributed by atoms with Crippen molar-refractivity contribution in [3.05, 3.63) is 0 Å². The molecule has 3 saturated heterocycles. The maximum absolute atomic E-state index is 12.7. The van der Waals surface area contributed by atoms with Crippen LogP contribution in [0.1, 0.15) is 213 Å². The molecule has 0 aromatic heterocycles. The molecule has 15 unspecified atom stereocenters. The normalized spacial score (nSPS) is 37.3. The number of hydrogen-bond donors (Lipinski definition) is 2. The van der Waals surface area contributed by atoms with Crippen molar-refractivity contribution in [2.24, 2.45) is 74.9 Å².